The normalized spacial score (nSPS) is 9.96. The summed E-state index contributed by atoms with van der Waals surface area (Å²) < 4.78 is 15.7. The van der Waals surface area contributed by atoms with E-state index in [1.165, 1.54) is 20.3 Å². The molecule has 0 atom stereocenters. The summed E-state index contributed by atoms with van der Waals surface area (Å²) in [4.78, 5) is 23.9. The summed E-state index contributed by atoms with van der Waals surface area (Å²) in [6.07, 6.45) is 0.111. The van der Waals surface area contributed by atoms with Crippen molar-refractivity contribution in [3.8, 4) is 17.2 Å². The summed E-state index contributed by atoms with van der Waals surface area (Å²) in [7, 11) is 2.99. The largest absolute Gasteiger partial charge is 0.493 e. The van der Waals surface area contributed by atoms with Crippen LogP contribution in [0.15, 0.2) is 42.5 Å². The number of ether oxygens (including phenoxy) is 3. The van der Waals surface area contributed by atoms with Crippen molar-refractivity contribution >= 4 is 11.8 Å². The van der Waals surface area contributed by atoms with Gasteiger partial charge in [0.2, 0.25) is 5.91 Å². The molecule has 2 amide bonds. The number of amides is 2. The monoisotopic (exact) mass is 358 g/mol. The Balaban J connectivity index is 1.77. The summed E-state index contributed by atoms with van der Waals surface area (Å²) in [6, 6.07) is 12.3. The van der Waals surface area contributed by atoms with E-state index in [2.05, 4.69) is 10.9 Å². The molecule has 7 heteroatoms. The summed E-state index contributed by atoms with van der Waals surface area (Å²) in [6.45, 7) is 2.19. The zero-order chi connectivity index (χ0) is 18.9. The van der Waals surface area contributed by atoms with Gasteiger partial charge in [-0.1, -0.05) is 17.7 Å². The first kappa shape index (κ1) is 19.1. The first-order valence-electron chi connectivity index (χ1n) is 8.04. The molecule has 0 aromatic heterocycles. The van der Waals surface area contributed by atoms with E-state index in [-0.39, 0.29) is 18.9 Å². The highest BCUT2D eigenvalue weighted by molar-refractivity contribution is 5.96. The highest BCUT2D eigenvalue weighted by atomic mass is 16.5. The van der Waals surface area contributed by atoms with Crippen LogP contribution in [0.1, 0.15) is 22.3 Å². The molecule has 0 aliphatic heterocycles. The molecule has 0 aliphatic carbocycles. The van der Waals surface area contributed by atoms with Crippen molar-refractivity contribution < 1.29 is 23.8 Å². The minimum atomic E-state index is -0.459. The van der Waals surface area contributed by atoms with Crippen LogP contribution in [0.25, 0.3) is 0 Å². The molecule has 7 nitrogen and oxygen atoms in total. The average Bonchev–Trinajstić information content (AvgIpc) is 2.67. The molecule has 2 aromatic rings. The molecule has 2 N–H and O–H groups in total. The van der Waals surface area contributed by atoms with Gasteiger partial charge in [-0.15, -0.1) is 0 Å². The van der Waals surface area contributed by atoms with Gasteiger partial charge in [-0.3, -0.25) is 20.4 Å². The maximum Gasteiger partial charge on any atom is 0.269 e. The predicted molar refractivity (Wildman–Crippen MR) is 96.4 cm³/mol. The van der Waals surface area contributed by atoms with Crippen molar-refractivity contribution in [1.29, 1.82) is 0 Å². The minimum Gasteiger partial charge on any atom is -0.493 e. The Hall–Kier alpha value is -3.22. The number of carbonyl (C=O) groups is 2. The van der Waals surface area contributed by atoms with Gasteiger partial charge >= 0.3 is 0 Å². The number of hydrogen-bond acceptors (Lipinski definition) is 5. The number of rotatable bonds is 7. The molecular formula is C19H22N2O5. The molecule has 0 saturated heterocycles. The van der Waals surface area contributed by atoms with Crippen LogP contribution in [0.3, 0.4) is 0 Å². The number of aryl methyl sites for hydroxylation is 1. The number of benzene rings is 2. The van der Waals surface area contributed by atoms with Gasteiger partial charge in [0, 0.05) is 5.56 Å². The summed E-state index contributed by atoms with van der Waals surface area (Å²) in [5.41, 5.74) is 6.17. The number of nitrogens with one attached hydrogen (secondary N) is 2. The maximum absolute atomic E-state index is 12.1. The SMILES string of the molecule is COc1ccc(C(=O)NNC(=O)CCOc2ccc(C)cc2)cc1OC. The molecule has 0 saturated carbocycles. The molecule has 2 aromatic carbocycles. The lowest BCUT2D eigenvalue weighted by Gasteiger charge is -2.11. The van der Waals surface area contributed by atoms with Gasteiger partial charge in [0.1, 0.15) is 5.75 Å². The maximum atomic E-state index is 12.1. The van der Waals surface area contributed by atoms with Crippen molar-refractivity contribution in [3.63, 3.8) is 0 Å². The third-order valence-electron chi connectivity index (χ3n) is 3.58. The van der Waals surface area contributed by atoms with Crippen molar-refractivity contribution in [1.82, 2.24) is 10.9 Å². The fraction of sp³-hybridized carbons (Fsp3) is 0.263. The molecule has 26 heavy (non-hydrogen) atoms. The summed E-state index contributed by atoms with van der Waals surface area (Å²) >= 11 is 0. The molecule has 0 radical (unpaired) electrons. The first-order chi connectivity index (χ1) is 12.5. The summed E-state index contributed by atoms with van der Waals surface area (Å²) in [5, 5.41) is 0. The fourth-order valence-electron chi connectivity index (χ4n) is 2.13. The molecular weight excluding hydrogens is 336 g/mol. The van der Waals surface area contributed by atoms with Crippen molar-refractivity contribution in [3.05, 3.63) is 53.6 Å². The van der Waals surface area contributed by atoms with E-state index < -0.39 is 5.91 Å². The Bertz CT molecular complexity index is 759. The highest BCUT2D eigenvalue weighted by Crippen LogP contribution is 2.27. The van der Waals surface area contributed by atoms with E-state index in [4.69, 9.17) is 14.2 Å². The van der Waals surface area contributed by atoms with E-state index in [1.54, 1.807) is 12.1 Å². The van der Waals surface area contributed by atoms with E-state index in [1.807, 2.05) is 31.2 Å². The Morgan fingerprint density at radius 2 is 1.62 bits per heavy atom. The minimum absolute atomic E-state index is 0.111. The lowest BCUT2D eigenvalue weighted by Crippen LogP contribution is -2.42. The lowest BCUT2D eigenvalue weighted by atomic mass is 10.2. The van der Waals surface area contributed by atoms with Crippen LogP contribution >= 0.6 is 0 Å². The van der Waals surface area contributed by atoms with E-state index >= 15 is 0 Å². The topological polar surface area (TPSA) is 85.9 Å². The van der Waals surface area contributed by atoms with Crippen LogP contribution in [0.4, 0.5) is 0 Å². The summed E-state index contributed by atoms with van der Waals surface area (Å²) in [5.74, 6) is 0.821. The van der Waals surface area contributed by atoms with E-state index in [0.717, 1.165) is 5.56 Å². The lowest BCUT2D eigenvalue weighted by molar-refractivity contribution is -0.122. The predicted octanol–water partition coefficient (Wildman–Crippen LogP) is 2.24. The Kier molecular flexibility index (Phi) is 6.84. The second-order valence-electron chi connectivity index (χ2n) is 5.48. The van der Waals surface area contributed by atoms with Crippen LogP contribution < -0.4 is 25.1 Å². The zero-order valence-electron chi connectivity index (χ0n) is 15.0. The number of carbonyl (C=O) groups excluding carboxylic acids is 2. The Morgan fingerprint density at radius 1 is 0.923 bits per heavy atom. The second-order valence-corrected chi connectivity index (χ2v) is 5.48. The second kappa shape index (κ2) is 9.31. The van der Waals surface area contributed by atoms with Crippen LogP contribution in [-0.4, -0.2) is 32.6 Å². The third kappa shape index (κ3) is 5.41. The van der Waals surface area contributed by atoms with Gasteiger partial charge in [0.15, 0.2) is 11.5 Å². The van der Waals surface area contributed by atoms with E-state index in [9.17, 15) is 9.59 Å². The average molecular weight is 358 g/mol. The van der Waals surface area contributed by atoms with Gasteiger partial charge in [-0.05, 0) is 37.3 Å². The van der Waals surface area contributed by atoms with Crippen LogP contribution in [0, 0.1) is 6.92 Å². The Morgan fingerprint density at radius 3 is 2.27 bits per heavy atom. The number of methoxy groups -OCH3 is 2. The molecule has 0 unspecified atom stereocenters. The van der Waals surface area contributed by atoms with Crippen molar-refractivity contribution in [2.24, 2.45) is 0 Å². The van der Waals surface area contributed by atoms with E-state index in [0.29, 0.717) is 22.8 Å². The highest BCUT2D eigenvalue weighted by Gasteiger charge is 2.11. The number of hydrogen-bond donors (Lipinski definition) is 2. The zero-order valence-corrected chi connectivity index (χ0v) is 15.0. The molecule has 0 fully saturated rings. The number of hydrazine groups is 1. The van der Waals surface area contributed by atoms with Crippen LogP contribution in [-0.2, 0) is 4.79 Å². The van der Waals surface area contributed by atoms with Gasteiger partial charge in [0.05, 0.1) is 27.2 Å². The fourth-order valence-corrected chi connectivity index (χ4v) is 2.13. The molecule has 0 aliphatic rings. The van der Waals surface area contributed by atoms with Gasteiger partial charge in [0.25, 0.3) is 5.91 Å². The Labute approximate surface area is 152 Å². The van der Waals surface area contributed by atoms with Crippen molar-refractivity contribution in [2.45, 2.75) is 13.3 Å². The van der Waals surface area contributed by atoms with Gasteiger partial charge in [-0.2, -0.15) is 0 Å². The standard InChI is InChI=1S/C19H22N2O5/c1-13-4-7-15(8-5-13)26-11-10-18(22)20-21-19(23)14-6-9-16(24-2)17(12-14)25-3/h4-9,12H,10-11H2,1-3H3,(H,20,22)(H,21,23). The molecule has 2 rings (SSSR count). The van der Waals surface area contributed by atoms with Crippen LogP contribution in [0.5, 0.6) is 17.2 Å². The smallest absolute Gasteiger partial charge is 0.269 e. The van der Waals surface area contributed by atoms with Gasteiger partial charge in [-0.25, -0.2) is 0 Å². The van der Waals surface area contributed by atoms with Crippen molar-refractivity contribution in [2.75, 3.05) is 20.8 Å². The van der Waals surface area contributed by atoms with Gasteiger partial charge < -0.3 is 14.2 Å². The molecule has 0 spiro atoms. The molecule has 138 valence electrons. The molecule has 0 bridgehead atoms. The quantitative estimate of drug-likeness (QED) is 0.742. The third-order valence-corrected chi connectivity index (χ3v) is 3.58. The first-order valence-corrected chi connectivity index (χ1v) is 8.04. The van der Waals surface area contributed by atoms with Crippen LogP contribution in [0.2, 0.25) is 0 Å². The molecule has 0 heterocycles.